The van der Waals surface area contributed by atoms with Gasteiger partial charge in [0.25, 0.3) is 5.91 Å². The second-order valence-corrected chi connectivity index (χ2v) is 5.62. The molecule has 1 heterocycles. The largest absolute Gasteiger partial charge is 0.375 e. The number of nitrogens with zero attached hydrogens (tertiary/aromatic N) is 1. The Morgan fingerprint density at radius 1 is 1.20 bits per heavy atom. The van der Waals surface area contributed by atoms with E-state index in [1.54, 1.807) is 0 Å². The Bertz CT molecular complexity index is 777. The Morgan fingerprint density at radius 3 is 2.70 bits per heavy atom. The fourth-order valence-corrected chi connectivity index (χ4v) is 2.70. The van der Waals surface area contributed by atoms with E-state index in [1.165, 1.54) is 11.3 Å². The fraction of sp³-hybridized carbons (Fsp3) is 0.0667. The maximum Gasteiger partial charge on any atom is 0.255 e. The van der Waals surface area contributed by atoms with Crippen LogP contribution in [0.2, 0.25) is 0 Å². The molecule has 0 saturated heterocycles. The summed E-state index contributed by atoms with van der Waals surface area (Å²) in [5, 5.41) is 3.41. The van der Waals surface area contributed by atoms with Crippen molar-refractivity contribution in [2.24, 2.45) is 0 Å². The summed E-state index contributed by atoms with van der Waals surface area (Å²) in [4.78, 5) is 16.3. The Hall–Kier alpha value is -2.40. The van der Waals surface area contributed by atoms with E-state index in [9.17, 15) is 4.79 Å². The van der Waals surface area contributed by atoms with Crippen molar-refractivity contribution in [3.8, 4) is 0 Å². The number of benzene rings is 2. The second-order valence-electron chi connectivity index (χ2n) is 4.55. The van der Waals surface area contributed by atoms with Crippen LogP contribution in [0.1, 0.15) is 15.9 Å². The number of aryl methyl sites for hydroxylation is 1. The SMILES string of the molecule is Cc1ccc(C(=O)Nc2ccc3nc(N)sc3c2)cc1. The van der Waals surface area contributed by atoms with Crippen LogP contribution in [-0.4, -0.2) is 10.9 Å². The van der Waals surface area contributed by atoms with E-state index in [0.717, 1.165) is 21.5 Å². The number of hydrogen-bond donors (Lipinski definition) is 2. The van der Waals surface area contributed by atoms with Crippen molar-refractivity contribution in [3.63, 3.8) is 0 Å². The van der Waals surface area contributed by atoms with E-state index >= 15 is 0 Å². The molecule has 0 aliphatic heterocycles. The van der Waals surface area contributed by atoms with E-state index in [4.69, 9.17) is 5.73 Å². The molecule has 2 aromatic carbocycles. The Kier molecular flexibility index (Phi) is 3.12. The lowest BCUT2D eigenvalue weighted by Gasteiger charge is -2.05. The number of amides is 1. The summed E-state index contributed by atoms with van der Waals surface area (Å²) in [5.41, 5.74) is 9.02. The van der Waals surface area contributed by atoms with Crippen molar-refractivity contribution in [2.45, 2.75) is 6.92 Å². The monoisotopic (exact) mass is 283 g/mol. The number of nitrogens with one attached hydrogen (secondary N) is 1. The Labute approximate surface area is 120 Å². The molecule has 5 heteroatoms. The first kappa shape index (κ1) is 12.6. The van der Waals surface area contributed by atoms with Gasteiger partial charge in [0.15, 0.2) is 5.13 Å². The molecule has 3 N–H and O–H groups in total. The Morgan fingerprint density at radius 2 is 1.95 bits per heavy atom. The minimum atomic E-state index is -0.123. The van der Waals surface area contributed by atoms with Crippen molar-refractivity contribution < 1.29 is 4.79 Å². The first-order valence-corrected chi connectivity index (χ1v) is 6.97. The third-order valence-corrected chi connectivity index (χ3v) is 3.82. The first-order chi connectivity index (χ1) is 9.61. The lowest BCUT2D eigenvalue weighted by molar-refractivity contribution is 0.102. The molecule has 0 aliphatic carbocycles. The predicted molar refractivity (Wildman–Crippen MR) is 83.2 cm³/mol. The van der Waals surface area contributed by atoms with Gasteiger partial charge in [-0.05, 0) is 37.3 Å². The van der Waals surface area contributed by atoms with Gasteiger partial charge in [-0.15, -0.1) is 0 Å². The molecule has 3 rings (SSSR count). The topological polar surface area (TPSA) is 68.0 Å². The van der Waals surface area contributed by atoms with Gasteiger partial charge < -0.3 is 11.1 Å². The molecule has 0 bridgehead atoms. The highest BCUT2D eigenvalue weighted by atomic mass is 32.1. The highest BCUT2D eigenvalue weighted by Crippen LogP contribution is 2.26. The molecule has 1 aromatic heterocycles. The van der Waals surface area contributed by atoms with Crippen LogP contribution in [0.5, 0.6) is 0 Å². The number of rotatable bonds is 2. The van der Waals surface area contributed by atoms with E-state index < -0.39 is 0 Å². The first-order valence-electron chi connectivity index (χ1n) is 6.16. The summed E-state index contributed by atoms with van der Waals surface area (Å²) in [5.74, 6) is -0.123. The van der Waals surface area contributed by atoms with Gasteiger partial charge in [-0.25, -0.2) is 4.98 Å². The highest BCUT2D eigenvalue weighted by Gasteiger charge is 2.07. The number of nitrogens with two attached hydrogens (primary N) is 1. The standard InChI is InChI=1S/C15H13N3OS/c1-9-2-4-10(5-3-9)14(19)17-11-6-7-12-13(8-11)20-15(16)18-12/h2-8H,1H3,(H2,16,18)(H,17,19). The third kappa shape index (κ3) is 2.48. The summed E-state index contributed by atoms with van der Waals surface area (Å²) in [6, 6.07) is 13.0. The van der Waals surface area contributed by atoms with Crippen LogP contribution >= 0.6 is 11.3 Å². The smallest absolute Gasteiger partial charge is 0.255 e. The molecular weight excluding hydrogens is 270 g/mol. The number of carbonyl (C=O) groups excluding carboxylic acids is 1. The van der Waals surface area contributed by atoms with Gasteiger partial charge in [-0.2, -0.15) is 0 Å². The van der Waals surface area contributed by atoms with Crippen molar-refractivity contribution in [2.75, 3.05) is 11.1 Å². The third-order valence-electron chi connectivity index (χ3n) is 2.98. The zero-order chi connectivity index (χ0) is 14.1. The van der Waals surface area contributed by atoms with Crippen LogP contribution in [0.3, 0.4) is 0 Å². The predicted octanol–water partition coefficient (Wildman–Crippen LogP) is 3.44. The van der Waals surface area contributed by atoms with Crippen molar-refractivity contribution in [1.82, 2.24) is 4.98 Å². The number of nitrogen functional groups attached to an aromatic ring is 1. The van der Waals surface area contributed by atoms with Gasteiger partial charge in [0, 0.05) is 11.3 Å². The van der Waals surface area contributed by atoms with Crippen molar-refractivity contribution >= 4 is 38.3 Å². The van der Waals surface area contributed by atoms with Crippen LogP contribution in [-0.2, 0) is 0 Å². The molecule has 0 spiro atoms. The van der Waals surface area contributed by atoms with Gasteiger partial charge in [-0.1, -0.05) is 29.0 Å². The van der Waals surface area contributed by atoms with Crippen LogP contribution in [0.4, 0.5) is 10.8 Å². The van der Waals surface area contributed by atoms with Crippen LogP contribution in [0.15, 0.2) is 42.5 Å². The van der Waals surface area contributed by atoms with Crippen LogP contribution in [0, 0.1) is 6.92 Å². The zero-order valence-electron chi connectivity index (χ0n) is 10.9. The number of thiazole rings is 1. The summed E-state index contributed by atoms with van der Waals surface area (Å²) >= 11 is 1.41. The van der Waals surface area contributed by atoms with E-state index in [-0.39, 0.29) is 5.91 Å². The molecule has 0 atom stereocenters. The molecular formula is C15H13N3OS. The minimum Gasteiger partial charge on any atom is -0.375 e. The number of fused-ring (bicyclic) bond motifs is 1. The molecule has 20 heavy (non-hydrogen) atoms. The summed E-state index contributed by atoms with van der Waals surface area (Å²) < 4.78 is 0.962. The van der Waals surface area contributed by atoms with Crippen LogP contribution < -0.4 is 11.1 Å². The number of hydrogen-bond acceptors (Lipinski definition) is 4. The average molecular weight is 283 g/mol. The Balaban J connectivity index is 1.84. The molecule has 3 aromatic rings. The molecule has 100 valence electrons. The molecule has 0 fully saturated rings. The fourth-order valence-electron chi connectivity index (χ4n) is 1.93. The molecule has 1 amide bonds. The maximum absolute atomic E-state index is 12.1. The molecule has 0 unspecified atom stereocenters. The van der Waals surface area contributed by atoms with Gasteiger partial charge in [0.1, 0.15) is 0 Å². The van der Waals surface area contributed by atoms with Gasteiger partial charge in [-0.3, -0.25) is 4.79 Å². The summed E-state index contributed by atoms with van der Waals surface area (Å²) in [6.07, 6.45) is 0. The van der Waals surface area contributed by atoms with E-state index in [0.29, 0.717) is 10.7 Å². The highest BCUT2D eigenvalue weighted by molar-refractivity contribution is 7.22. The lowest BCUT2D eigenvalue weighted by Crippen LogP contribution is -2.11. The van der Waals surface area contributed by atoms with E-state index in [2.05, 4.69) is 10.3 Å². The van der Waals surface area contributed by atoms with Crippen LogP contribution in [0.25, 0.3) is 10.2 Å². The molecule has 0 aliphatic rings. The quantitative estimate of drug-likeness (QED) is 0.757. The summed E-state index contributed by atoms with van der Waals surface area (Å²) in [6.45, 7) is 1.99. The zero-order valence-corrected chi connectivity index (χ0v) is 11.7. The molecule has 4 nitrogen and oxygen atoms in total. The summed E-state index contributed by atoms with van der Waals surface area (Å²) in [7, 11) is 0. The number of carbonyl (C=O) groups is 1. The molecule has 0 saturated carbocycles. The number of anilines is 2. The second kappa shape index (κ2) is 4.94. The van der Waals surface area contributed by atoms with E-state index in [1.807, 2.05) is 49.4 Å². The molecule has 0 radical (unpaired) electrons. The van der Waals surface area contributed by atoms with Crippen molar-refractivity contribution in [3.05, 3.63) is 53.6 Å². The normalized spacial score (nSPS) is 10.7. The average Bonchev–Trinajstić information content (AvgIpc) is 2.78. The van der Waals surface area contributed by atoms with Gasteiger partial charge >= 0.3 is 0 Å². The van der Waals surface area contributed by atoms with Gasteiger partial charge in [0.05, 0.1) is 10.2 Å². The van der Waals surface area contributed by atoms with Crippen molar-refractivity contribution in [1.29, 1.82) is 0 Å². The van der Waals surface area contributed by atoms with Gasteiger partial charge in [0.2, 0.25) is 0 Å². The number of aromatic nitrogens is 1. The lowest BCUT2D eigenvalue weighted by atomic mass is 10.1. The minimum absolute atomic E-state index is 0.123. The maximum atomic E-state index is 12.1.